The zero-order valence-electron chi connectivity index (χ0n) is 11.1. The Bertz CT molecular complexity index is 417. The number of ether oxygens (including phenoxy) is 1. The van der Waals surface area contributed by atoms with Crippen LogP contribution in [0.25, 0.3) is 0 Å². The van der Waals surface area contributed by atoms with Crippen LogP contribution in [0.3, 0.4) is 0 Å². The monoisotopic (exact) mass is 263 g/mol. The molecule has 2 rings (SSSR count). The second-order valence-corrected chi connectivity index (χ2v) is 5.73. The summed E-state index contributed by atoms with van der Waals surface area (Å²) in [6, 6.07) is 9.08. The number of likely N-dealkylation sites (N-methyl/N-ethyl adjacent to an activating group) is 1. The van der Waals surface area contributed by atoms with E-state index in [0.717, 1.165) is 25.2 Å². The van der Waals surface area contributed by atoms with Gasteiger partial charge >= 0.3 is 0 Å². The van der Waals surface area contributed by atoms with Crippen molar-refractivity contribution in [1.82, 2.24) is 5.32 Å². The predicted molar refractivity (Wildman–Crippen MR) is 78.0 cm³/mol. The molecule has 1 unspecified atom stereocenters. The van der Waals surface area contributed by atoms with Crippen molar-refractivity contribution in [2.45, 2.75) is 30.7 Å². The molecule has 0 radical (unpaired) electrons. The molecule has 0 saturated carbocycles. The van der Waals surface area contributed by atoms with Crippen molar-refractivity contribution in [2.24, 2.45) is 0 Å². The van der Waals surface area contributed by atoms with Crippen LogP contribution in [-0.2, 0) is 4.74 Å². The fourth-order valence-corrected chi connectivity index (χ4v) is 3.29. The first-order valence-electron chi connectivity index (χ1n) is 6.47. The van der Waals surface area contributed by atoms with Crippen LogP contribution in [0.1, 0.15) is 18.4 Å². The lowest BCUT2D eigenvalue weighted by Gasteiger charge is -2.22. The molecule has 98 valence electrons. The number of rotatable bonds is 5. The van der Waals surface area contributed by atoms with Crippen LogP contribution in [0.2, 0.25) is 0 Å². The van der Waals surface area contributed by atoms with Gasteiger partial charge in [-0.1, -0.05) is 17.7 Å². The third-order valence-electron chi connectivity index (χ3n) is 3.16. The normalized spacial score (nSPS) is 16.9. The third-order valence-corrected chi connectivity index (χ3v) is 4.25. The summed E-state index contributed by atoms with van der Waals surface area (Å²) in [5.74, 6) is 1.05. The average molecular weight is 263 g/mol. The van der Waals surface area contributed by atoms with Gasteiger partial charge in [-0.05, 0) is 44.5 Å². The smallest absolute Gasteiger partial charge is 0.0876 e. The highest BCUT2D eigenvalue weighted by Crippen LogP contribution is 2.24. The number of hydrogen-bond acceptors (Lipinski definition) is 3. The molecular formula is C15H21NOS. The van der Waals surface area contributed by atoms with Gasteiger partial charge in [-0.2, -0.15) is 0 Å². The van der Waals surface area contributed by atoms with E-state index < -0.39 is 0 Å². The van der Waals surface area contributed by atoms with E-state index in [-0.39, 0.29) is 0 Å². The average Bonchev–Trinajstić information content (AvgIpc) is 2.41. The lowest BCUT2D eigenvalue weighted by Crippen LogP contribution is -2.31. The van der Waals surface area contributed by atoms with E-state index in [0.29, 0.717) is 6.04 Å². The minimum absolute atomic E-state index is 0.413. The predicted octanol–water partition coefficient (Wildman–Crippen LogP) is 3.37. The molecule has 1 N–H and O–H groups in total. The number of thioether (sulfide) groups is 1. The molecule has 0 fully saturated rings. The Labute approximate surface area is 114 Å². The molecular weight excluding hydrogens is 242 g/mol. The minimum atomic E-state index is 0.413. The molecule has 0 aliphatic carbocycles. The summed E-state index contributed by atoms with van der Waals surface area (Å²) in [4.78, 5) is 1.34. The number of aryl methyl sites for hydroxylation is 1. The molecule has 0 aromatic heterocycles. The first-order chi connectivity index (χ1) is 8.79. The highest BCUT2D eigenvalue weighted by molar-refractivity contribution is 7.99. The molecule has 1 heterocycles. The van der Waals surface area contributed by atoms with E-state index in [2.05, 4.69) is 36.5 Å². The maximum Gasteiger partial charge on any atom is 0.0876 e. The molecule has 0 saturated heterocycles. The van der Waals surface area contributed by atoms with Gasteiger partial charge in [0.15, 0.2) is 0 Å². The molecule has 18 heavy (non-hydrogen) atoms. The van der Waals surface area contributed by atoms with Crippen molar-refractivity contribution in [3.05, 3.63) is 41.7 Å². The minimum Gasteiger partial charge on any atom is -0.501 e. The van der Waals surface area contributed by atoms with Crippen LogP contribution in [-0.4, -0.2) is 25.4 Å². The summed E-state index contributed by atoms with van der Waals surface area (Å²) >= 11 is 1.90. The lowest BCUT2D eigenvalue weighted by molar-refractivity contribution is 0.221. The zero-order valence-corrected chi connectivity index (χ0v) is 11.9. The molecule has 1 aliphatic heterocycles. The Morgan fingerprint density at radius 3 is 3.00 bits per heavy atom. The van der Waals surface area contributed by atoms with Crippen LogP contribution in [0.4, 0.5) is 0 Å². The van der Waals surface area contributed by atoms with Crippen molar-refractivity contribution < 1.29 is 4.74 Å². The highest BCUT2D eigenvalue weighted by atomic mass is 32.2. The second kappa shape index (κ2) is 6.86. The third kappa shape index (κ3) is 3.79. The van der Waals surface area contributed by atoms with Crippen LogP contribution < -0.4 is 5.32 Å². The molecule has 2 nitrogen and oxygen atoms in total. The van der Waals surface area contributed by atoms with E-state index in [4.69, 9.17) is 4.74 Å². The van der Waals surface area contributed by atoms with Crippen LogP contribution in [0.5, 0.6) is 0 Å². The van der Waals surface area contributed by atoms with Crippen LogP contribution in [0.15, 0.2) is 41.0 Å². The maximum absolute atomic E-state index is 5.42. The largest absolute Gasteiger partial charge is 0.501 e. The van der Waals surface area contributed by atoms with E-state index in [9.17, 15) is 0 Å². The Morgan fingerprint density at radius 1 is 1.44 bits per heavy atom. The molecule has 1 aromatic rings. The molecule has 0 bridgehead atoms. The fraction of sp³-hybridized carbons (Fsp3) is 0.467. The summed E-state index contributed by atoms with van der Waals surface area (Å²) in [7, 11) is 2.02. The first-order valence-corrected chi connectivity index (χ1v) is 7.45. The Kier molecular flexibility index (Phi) is 5.14. The van der Waals surface area contributed by atoms with Crippen molar-refractivity contribution in [1.29, 1.82) is 0 Å². The zero-order chi connectivity index (χ0) is 12.8. The number of hydrogen-bond donors (Lipinski definition) is 1. The number of benzene rings is 1. The highest BCUT2D eigenvalue weighted by Gasteiger charge is 2.15. The summed E-state index contributed by atoms with van der Waals surface area (Å²) < 4.78 is 5.42. The lowest BCUT2D eigenvalue weighted by atomic mass is 10.0. The van der Waals surface area contributed by atoms with E-state index in [1.807, 2.05) is 25.1 Å². The van der Waals surface area contributed by atoms with Crippen LogP contribution >= 0.6 is 11.8 Å². The summed E-state index contributed by atoms with van der Waals surface area (Å²) in [5, 5.41) is 3.39. The van der Waals surface area contributed by atoms with Crippen molar-refractivity contribution in [3.8, 4) is 0 Å². The quantitative estimate of drug-likeness (QED) is 0.823. The van der Waals surface area contributed by atoms with Crippen molar-refractivity contribution >= 4 is 11.8 Å². The van der Waals surface area contributed by atoms with Gasteiger partial charge in [0.05, 0.1) is 12.9 Å². The van der Waals surface area contributed by atoms with Gasteiger partial charge in [-0.25, -0.2) is 0 Å². The first kappa shape index (κ1) is 13.5. The standard InChI is InChI=1S/C15H21NOS/c1-12-5-3-7-14(9-12)18-11-15(16-2)13-6-4-8-17-10-13/h3,5,7,9-10,15-16H,4,6,8,11H2,1-2H3. The van der Waals surface area contributed by atoms with Gasteiger partial charge in [-0.15, -0.1) is 11.8 Å². The Morgan fingerprint density at radius 2 is 2.33 bits per heavy atom. The van der Waals surface area contributed by atoms with Crippen LogP contribution in [0, 0.1) is 6.92 Å². The van der Waals surface area contributed by atoms with Gasteiger partial charge in [0, 0.05) is 16.7 Å². The van der Waals surface area contributed by atoms with Gasteiger partial charge in [0.2, 0.25) is 0 Å². The molecule has 1 atom stereocenters. The summed E-state index contributed by atoms with van der Waals surface area (Å²) in [5.41, 5.74) is 2.71. The van der Waals surface area contributed by atoms with Crippen molar-refractivity contribution in [3.63, 3.8) is 0 Å². The van der Waals surface area contributed by atoms with E-state index >= 15 is 0 Å². The van der Waals surface area contributed by atoms with Gasteiger partial charge < -0.3 is 10.1 Å². The second-order valence-electron chi connectivity index (χ2n) is 4.64. The SMILES string of the molecule is CNC(CSc1cccc(C)c1)C1=COCCC1. The Hall–Kier alpha value is -0.930. The molecule has 0 spiro atoms. The molecule has 3 heteroatoms. The molecule has 0 amide bonds. The van der Waals surface area contributed by atoms with Gasteiger partial charge in [-0.3, -0.25) is 0 Å². The summed E-state index contributed by atoms with van der Waals surface area (Å²) in [6.45, 7) is 3.00. The molecule has 1 aromatic carbocycles. The molecule has 1 aliphatic rings. The van der Waals surface area contributed by atoms with E-state index in [1.165, 1.54) is 16.0 Å². The Balaban J connectivity index is 1.92. The maximum atomic E-state index is 5.42. The topological polar surface area (TPSA) is 21.3 Å². The summed E-state index contributed by atoms with van der Waals surface area (Å²) in [6.07, 6.45) is 4.24. The van der Waals surface area contributed by atoms with Crippen molar-refractivity contribution in [2.75, 3.05) is 19.4 Å². The van der Waals surface area contributed by atoms with Gasteiger partial charge in [0.25, 0.3) is 0 Å². The van der Waals surface area contributed by atoms with E-state index in [1.54, 1.807) is 0 Å². The van der Waals surface area contributed by atoms with Gasteiger partial charge in [0.1, 0.15) is 0 Å². The fourth-order valence-electron chi connectivity index (χ4n) is 2.10. The number of nitrogens with one attached hydrogen (secondary N) is 1.